The number of rotatable bonds is 4. The summed E-state index contributed by atoms with van der Waals surface area (Å²) in [7, 11) is 0. The Balaban J connectivity index is 1.61. The zero-order chi connectivity index (χ0) is 18.9. The van der Waals surface area contributed by atoms with Crippen molar-refractivity contribution in [2.75, 3.05) is 19.6 Å². The summed E-state index contributed by atoms with van der Waals surface area (Å²) in [6.07, 6.45) is -0.561. The molecule has 2 fully saturated rings. The van der Waals surface area contributed by atoms with Gasteiger partial charge in [0, 0.05) is 31.1 Å². The van der Waals surface area contributed by atoms with Gasteiger partial charge in [-0.25, -0.2) is 4.79 Å². The third-order valence-electron chi connectivity index (χ3n) is 5.45. The summed E-state index contributed by atoms with van der Waals surface area (Å²) in [5, 5.41) is 6.18. The van der Waals surface area contributed by atoms with Crippen LogP contribution in [0.2, 0.25) is 0 Å². The van der Waals surface area contributed by atoms with Crippen molar-refractivity contribution in [3.05, 3.63) is 35.9 Å². The van der Waals surface area contributed by atoms with Crippen molar-refractivity contribution in [1.29, 1.82) is 0 Å². The monoisotopic (exact) mass is 359 g/mol. The normalized spacial score (nSPS) is 25.8. The van der Waals surface area contributed by atoms with Crippen molar-refractivity contribution in [1.82, 2.24) is 15.5 Å². The summed E-state index contributed by atoms with van der Waals surface area (Å²) in [5.74, 6) is -0.0356. The summed E-state index contributed by atoms with van der Waals surface area (Å²) < 4.78 is 5.31. The standard InChI is InChI=1S/C20H29N3O3/c1-19(2,3)16(17(24)23-10-15-20(4,13-23)12-21-15)22-18(25)26-11-14-8-6-5-7-9-14/h5-9,15-16,21H,10-13H2,1-4H3,(H,22,25). The van der Waals surface area contributed by atoms with Crippen LogP contribution in [0.25, 0.3) is 0 Å². The molecule has 3 atom stereocenters. The molecule has 6 nitrogen and oxygen atoms in total. The average Bonchev–Trinajstić information content (AvgIpc) is 2.81. The molecule has 0 saturated carbocycles. The SMILES string of the molecule is CC(C)(C)C(NC(=O)OCc1ccccc1)C(=O)N1CC2NCC2(C)C1. The van der Waals surface area contributed by atoms with Gasteiger partial charge in [-0.15, -0.1) is 0 Å². The van der Waals surface area contributed by atoms with Crippen molar-refractivity contribution in [3.63, 3.8) is 0 Å². The Kier molecular flexibility index (Phi) is 4.97. The van der Waals surface area contributed by atoms with Crippen LogP contribution in [-0.2, 0) is 16.1 Å². The fourth-order valence-corrected chi connectivity index (χ4v) is 3.65. The van der Waals surface area contributed by atoms with E-state index < -0.39 is 17.6 Å². The van der Waals surface area contributed by atoms with Crippen LogP contribution >= 0.6 is 0 Å². The number of hydrogen-bond acceptors (Lipinski definition) is 4. The highest BCUT2D eigenvalue weighted by molar-refractivity contribution is 5.87. The van der Waals surface area contributed by atoms with Crippen LogP contribution in [0.5, 0.6) is 0 Å². The molecule has 2 amide bonds. The highest BCUT2D eigenvalue weighted by Crippen LogP contribution is 2.37. The molecule has 0 aromatic heterocycles. The van der Waals surface area contributed by atoms with Gasteiger partial charge in [0.2, 0.25) is 5.91 Å². The fourth-order valence-electron chi connectivity index (χ4n) is 3.65. The molecular weight excluding hydrogens is 330 g/mol. The van der Waals surface area contributed by atoms with Gasteiger partial charge in [-0.2, -0.15) is 0 Å². The fraction of sp³-hybridized carbons (Fsp3) is 0.600. The lowest BCUT2D eigenvalue weighted by Gasteiger charge is -2.41. The molecule has 2 N–H and O–H groups in total. The smallest absolute Gasteiger partial charge is 0.408 e. The van der Waals surface area contributed by atoms with Crippen molar-refractivity contribution in [3.8, 4) is 0 Å². The lowest BCUT2D eigenvalue weighted by Crippen LogP contribution is -2.59. The largest absolute Gasteiger partial charge is 0.445 e. The van der Waals surface area contributed by atoms with Crippen molar-refractivity contribution in [2.24, 2.45) is 10.8 Å². The van der Waals surface area contributed by atoms with Crippen molar-refractivity contribution >= 4 is 12.0 Å². The number of benzene rings is 1. The number of likely N-dealkylation sites (tertiary alicyclic amines) is 1. The summed E-state index contributed by atoms with van der Waals surface area (Å²) in [4.78, 5) is 27.2. The van der Waals surface area contributed by atoms with Crippen LogP contribution in [0.15, 0.2) is 30.3 Å². The van der Waals surface area contributed by atoms with E-state index in [4.69, 9.17) is 4.74 Å². The molecule has 1 aromatic carbocycles. The first-order valence-corrected chi connectivity index (χ1v) is 9.18. The third kappa shape index (κ3) is 3.85. The predicted molar refractivity (Wildman–Crippen MR) is 99.5 cm³/mol. The van der Waals surface area contributed by atoms with Crippen LogP contribution in [0.1, 0.15) is 33.3 Å². The summed E-state index contributed by atoms with van der Waals surface area (Å²) >= 11 is 0. The van der Waals surface area contributed by atoms with Crippen LogP contribution in [-0.4, -0.2) is 48.6 Å². The Bertz CT molecular complexity index is 671. The second-order valence-electron chi connectivity index (χ2n) is 8.81. The number of hydrogen-bond donors (Lipinski definition) is 2. The molecule has 2 aliphatic rings. The number of nitrogens with one attached hydrogen (secondary N) is 2. The molecule has 0 spiro atoms. The zero-order valence-electron chi connectivity index (χ0n) is 16.0. The van der Waals surface area contributed by atoms with Gasteiger partial charge in [0.05, 0.1) is 0 Å². The number of alkyl carbamates (subject to hydrolysis) is 1. The van der Waals surface area contributed by atoms with Gasteiger partial charge in [-0.05, 0) is 11.0 Å². The zero-order valence-corrected chi connectivity index (χ0v) is 16.0. The van der Waals surface area contributed by atoms with Crippen LogP contribution in [0.4, 0.5) is 4.79 Å². The van der Waals surface area contributed by atoms with Crippen LogP contribution in [0.3, 0.4) is 0 Å². The first kappa shape index (κ1) is 18.7. The minimum Gasteiger partial charge on any atom is -0.445 e. The number of ether oxygens (including phenoxy) is 1. The third-order valence-corrected chi connectivity index (χ3v) is 5.45. The predicted octanol–water partition coefficient (Wildman–Crippen LogP) is 2.15. The average molecular weight is 359 g/mol. The number of amides is 2. The number of fused-ring (bicyclic) bond motifs is 1. The first-order chi connectivity index (χ1) is 12.2. The molecule has 1 aromatic rings. The molecular formula is C20H29N3O3. The molecule has 26 heavy (non-hydrogen) atoms. The van der Waals surface area contributed by atoms with E-state index in [-0.39, 0.29) is 17.9 Å². The van der Waals surface area contributed by atoms with Gasteiger partial charge in [0.1, 0.15) is 12.6 Å². The maximum Gasteiger partial charge on any atom is 0.408 e. The molecule has 2 aliphatic heterocycles. The summed E-state index contributed by atoms with van der Waals surface area (Å²) in [6, 6.07) is 9.24. The van der Waals surface area contributed by atoms with Crippen molar-refractivity contribution in [2.45, 2.75) is 46.4 Å². The van der Waals surface area contributed by atoms with Gasteiger partial charge in [0.25, 0.3) is 0 Å². The van der Waals surface area contributed by atoms with E-state index in [0.717, 1.165) is 18.7 Å². The Hall–Kier alpha value is -2.08. The molecule has 0 bridgehead atoms. The quantitative estimate of drug-likeness (QED) is 0.864. The minimum absolute atomic E-state index is 0.0356. The molecule has 3 unspecified atom stereocenters. The number of nitrogens with zero attached hydrogens (tertiary/aromatic N) is 1. The Morgan fingerprint density at radius 3 is 2.54 bits per heavy atom. The highest BCUT2D eigenvalue weighted by atomic mass is 16.5. The lowest BCUT2D eigenvalue weighted by atomic mass is 9.78. The second-order valence-corrected chi connectivity index (χ2v) is 8.81. The maximum atomic E-state index is 13.1. The van der Waals surface area contributed by atoms with Crippen molar-refractivity contribution < 1.29 is 14.3 Å². The van der Waals surface area contributed by atoms with Gasteiger partial charge in [-0.1, -0.05) is 58.0 Å². The molecule has 3 rings (SSSR count). The van der Waals surface area contributed by atoms with E-state index in [0.29, 0.717) is 12.6 Å². The van der Waals surface area contributed by atoms with E-state index in [9.17, 15) is 9.59 Å². The van der Waals surface area contributed by atoms with E-state index in [1.54, 1.807) is 0 Å². The van der Waals surface area contributed by atoms with Gasteiger partial charge < -0.3 is 20.3 Å². The minimum atomic E-state index is -0.619. The van der Waals surface area contributed by atoms with Gasteiger partial charge in [-0.3, -0.25) is 4.79 Å². The van der Waals surface area contributed by atoms with Gasteiger partial charge in [0.15, 0.2) is 0 Å². The Morgan fingerprint density at radius 1 is 1.35 bits per heavy atom. The number of carbonyl (C=O) groups excluding carboxylic acids is 2. The second kappa shape index (κ2) is 6.91. The number of carbonyl (C=O) groups is 2. The van der Waals surface area contributed by atoms with E-state index in [2.05, 4.69) is 17.6 Å². The van der Waals surface area contributed by atoms with E-state index in [1.807, 2.05) is 56.0 Å². The van der Waals surface area contributed by atoms with Gasteiger partial charge >= 0.3 is 6.09 Å². The molecule has 2 saturated heterocycles. The van der Waals surface area contributed by atoms with E-state index in [1.165, 1.54) is 0 Å². The maximum absolute atomic E-state index is 13.1. The summed E-state index contributed by atoms with van der Waals surface area (Å²) in [6.45, 7) is 10.6. The van der Waals surface area contributed by atoms with Crippen LogP contribution in [0, 0.1) is 10.8 Å². The van der Waals surface area contributed by atoms with E-state index >= 15 is 0 Å². The lowest BCUT2D eigenvalue weighted by molar-refractivity contribution is -0.135. The molecule has 6 heteroatoms. The Labute approximate surface area is 155 Å². The topological polar surface area (TPSA) is 70.7 Å². The Morgan fingerprint density at radius 2 is 2.04 bits per heavy atom. The highest BCUT2D eigenvalue weighted by Gasteiger charge is 2.52. The first-order valence-electron chi connectivity index (χ1n) is 9.18. The molecule has 0 radical (unpaired) electrons. The molecule has 2 heterocycles. The molecule has 142 valence electrons. The van der Waals surface area contributed by atoms with Crippen LogP contribution < -0.4 is 10.6 Å². The molecule has 0 aliphatic carbocycles. The summed E-state index contributed by atoms with van der Waals surface area (Å²) in [5.41, 5.74) is 0.668.